The largest absolute Gasteiger partial charge is 0.494 e. The molecule has 0 spiro atoms. The first-order chi connectivity index (χ1) is 13.7. The third-order valence-corrected chi connectivity index (χ3v) is 5.67. The van der Waals surface area contributed by atoms with Gasteiger partial charge in [0.15, 0.2) is 16.8 Å². The Balaban J connectivity index is 1.54. The second-order valence-electron chi connectivity index (χ2n) is 6.72. The molecule has 28 heavy (non-hydrogen) atoms. The normalized spacial score (nSPS) is 14.6. The zero-order chi connectivity index (χ0) is 19.5. The molecule has 0 aliphatic heterocycles. The van der Waals surface area contributed by atoms with Crippen molar-refractivity contribution in [2.45, 2.75) is 43.1 Å². The molecule has 6 nitrogen and oxygen atoms in total. The Morgan fingerprint density at radius 3 is 2.54 bits per heavy atom. The number of carbonyl (C=O) groups is 1. The van der Waals surface area contributed by atoms with Gasteiger partial charge in [-0.1, -0.05) is 11.8 Å². The van der Waals surface area contributed by atoms with Gasteiger partial charge in [-0.05, 0) is 63.1 Å². The summed E-state index contributed by atoms with van der Waals surface area (Å²) < 4.78 is 7.62. The molecule has 1 aliphatic carbocycles. The minimum atomic E-state index is -0.259. The monoisotopic (exact) mass is 394 g/mol. The first-order valence-electron chi connectivity index (χ1n) is 9.46. The summed E-state index contributed by atoms with van der Waals surface area (Å²) in [6.07, 6.45) is 5.74. The lowest BCUT2D eigenvalue weighted by atomic mass is 10.1. The summed E-state index contributed by atoms with van der Waals surface area (Å²) >= 11 is 1.46. The smallest absolute Gasteiger partial charge is 0.192 e. The Kier molecular flexibility index (Phi) is 5.43. The fraction of sp³-hybridized carbons (Fsp3) is 0.333. The van der Waals surface area contributed by atoms with Crippen LogP contribution in [0, 0.1) is 0 Å². The van der Waals surface area contributed by atoms with E-state index in [0.717, 1.165) is 35.1 Å². The van der Waals surface area contributed by atoms with Crippen molar-refractivity contribution in [1.29, 1.82) is 0 Å². The fourth-order valence-electron chi connectivity index (χ4n) is 3.05. The molecule has 3 aromatic rings. The van der Waals surface area contributed by atoms with Gasteiger partial charge in [-0.2, -0.15) is 0 Å². The highest BCUT2D eigenvalue weighted by atomic mass is 32.2. The average Bonchev–Trinajstić information content (AvgIpc) is 3.49. The number of benzene rings is 1. The Morgan fingerprint density at radius 2 is 1.89 bits per heavy atom. The van der Waals surface area contributed by atoms with Crippen molar-refractivity contribution >= 4 is 17.5 Å². The topological polar surface area (TPSA) is 69.9 Å². The number of ketones is 1. The molecular weight excluding hydrogens is 372 g/mol. The first kappa shape index (κ1) is 18.7. The van der Waals surface area contributed by atoms with Crippen LogP contribution < -0.4 is 4.74 Å². The van der Waals surface area contributed by atoms with Crippen LogP contribution >= 0.6 is 11.8 Å². The van der Waals surface area contributed by atoms with E-state index in [2.05, 4.69) is 19.7 Å². The number of carbonyl (C=O) groups excluding carboxylic acids is 1. The molecule has 4 rings (SSSR count). The number of rotatable bonds is 8. The summed E-state index contributed by atoms with van der Waals surface area (Å²) in [5.74, 6) is 1.69. The van der Waals surface area contributed by atoms with Crippen LogP contribution in [0.5, 0.6) is 5.75 Å². The summed E-state index contributed by atoms with van der Waals surface area (Å²) in [4.78, 5) is 16.9. The lowest BCUT2D eigenvalue weighted by molar-refractivity contribution is 0.0994. The number of hydrogen-bond donors (Lipinski definition) is 0. The first-order valence-corrected chi connectivity index (χ1v) is 10.3. The van der Waals surface area contributed by atoms with Crippen LogP contribution in [-0.2, 0) is 0 Å². The predicted molar refractivity (Wildman–Crippen MR) is 109 cm³/mol. The molecule has 2 heterocycles. The van der Waals surface area contributed by atoms with E-state index < -0.39 is 0 Å². The second-order valence-corrected chi connectivity index (χ2v) is 8.03. The second kappa shape index (κ2) is 8.14. The van der Waals surface area contributed by atoms with Crippen molar-refractivity contribution in [2.24, 2.45) is 0 Å². The van der Waals surface area contributed by atoms with Crippen LogP contribution in [0.25, 0.3) is 11.4 Å². The number of ether oxygens (including phenoxy) is 1. The predicted octanol–water partition coefficient (Wildman–Crippen LogP) is 4.44. The summed E-state index contributed by atoms with van der Waals surface area (Å²) in [5.41, 5.74) is 1.67. The van der Waals surface area contributed by atoms with Crippen LogP contribution in [0.15, 0.2) is 53.9 Å². The fourth-order valence-corrected chi connectivity index (χ4v) is 4.04. The third-order valence-electron chi connectivity index (χ3n) is 4.62. The van der Waals surface area contributed by atoms with Crippen LogP contribution in [0.1, 0.15) is 43.1 Å². The molecule has 0 amide bonds. The van der Waals surface area contributed by atoms with Crippen LogP contribution in [-0.4, -0.2) is 37.4 Å². The van der Waals surface area contributed by atoms with Crippen molar-refractivity contribution in [3.8, 4) is 17.1 Å². The van der Waals surface area contributed by atoms with Crippen molar-refractivity contribution in [2.75, 3.05) is 6.61 Å². The zero-order valence-corrected chi connectivity index (χ0v) is 16.7. The SMILES string of the molecule is CCOc1ccc(C(=O)[C@H](C)Sc2nnc(-c3ccncc3)n2C2CC2)cc1. The minimum absolute atomic E-state index is 0.0730. The standard InChI is InChI=1S/C21H22N4O2S/c1-3-27-18-8-4-15(5-9-18)19(26)14(2)28-21-24-23-20(25(21)17-6-7-17)16-10-12-22-13-11-16/h4-5,8-14,17H,3,6-7H2,1-2H3/t14-/m0/s1. The van der Waals surface area contributed by atoms with Gasteiger partial charge in [0.05, 0.1) is 11.9 Å². The van der Waals surface area contributed by atoms with E-state index in [0.29, 0.717) is 18.2 Å². The Labute approximate surface area is 168 Å². The molecule has 0 N–H and O–H groups in total. The highest BCUT2D eigenvalue weighted by Crippen LogP contribution is 2.41. The summed E-state index contributed by atoms with van der Waals surface area (Å²) in [5, 5.41) is 9.33. The molecule has 1 aromatic carbocycles. The number of hydrogen-bond acceptors (Lipinski definition) is 6. The van der Waals surface area contributed by atoms with Gasteiger partial charge in [-0.3, -0.25) is 14.3 Å². The van der Waals surface area contributed by atoms with Gasteiger partial charge < -0.3 is 4.74 Å². The van der Waals surface area contributed by atoms with E-state index in [1.807, 2.05) is 50.2 Å². The van der Waals surface area contributed by atoms with E-state index in [-0.39, 0.29) is 11.0 Å². The number of thioether (sulfide) groups is 1. The van der Waals surface area contributed by atoms with Gasteiger partial charge in [-0.25, -0.2) is 0 Å². The molecular formula is C21H22N4O2S. The van der Waals surface area contributed by atoms with Crippen molar-refractivity contribution in [1.82, 2.24) is 19.7 Å². The highest BCUT2D eigenvalue weighted by Gasteiger charge is 2.31. The van der Waals surface area contributed by atoms with E-state index in [1.54, 1.807) is 12.4 Å². The molecule has 0 saturated heterocycles. The maximum atomic E-state index is 12.9. The van der Waals surface area contributed by atoms with E-state index in [4.69, 9.17) is 4.74 Å². The molecule has 0 radical (unpaired) electrons. The molecule has 1 aliphatic rings. The van der Waals surface area contributed by atoms with Crippen LogP contribution in [0.4, 0.5) is 0 Å². The molecule has 1 fully saturated rings. The number of aromatic nitrogens is 4. The number of nitrogens with zero attached hydrogens (tertiary/aromatic N) is 4. The number of pyridine rings is 1. The number of Topliss-reactive ketones (excluding diaryl/α,β-unsaturated/α-hetero) is 1. The van der Waals surface area contributed by atoms with Crippen LogP contribution in [0.2, 0.25) is 0 Å². The molecule has 1 saturated carbocycles. The van der Waals surface area contributed by atoms with Gasteiger partial charge in [0.2, 0.25) is 0 Å². The minimum Gasteiger partial charge on any atom is -0.494 e. The maximum absolute atomic E-state index is 12.9. The third kappa shape index (κ3) is 3.94. The van der Waals surface area contributed by atoms with Gasteiger partial charge in [0.1, 0.15) is 5.75 Å². The summed E-state index contributed by atoms with van der Waals surface area (Å²) in [7, 11) is 0. The molecule has 0 bridgehead atoms. The molecule has 144 valence electrons. The van der Waals surface area contributed by atoms with Gasteiger partial charge in [0.25, 0.3) is 0 Å². The van der Waals surface area contributed by atoms with Crippen molar-refractivity contribution in [3.63, 3.8) is 0 Å². The van der Waals surface area contributed by atoms with E-state index in [1.165, 1.54) is 11.8 Å². The van der Waals surface area contributed by atoms with Gasteiger partial charge in [-0.15, -0.1) is 10.2 Å². The van der Waals surface area contributed by atoms with E-state index >= 15 is 0 Å². The lowest BCUT2D eigenvalue weighted by Crippen LogP contribution is -2.14. The highest BCUT2D eigenvalue weighted by molar-refractivity contribution is 8.00. The molecule has 7 heteroatoms. The van der Waals surface area contributed by atoms with Gasteiger partial charge >= 0.3 is 0 Å². The molecule has 2 aromatic heterocycles. The van der Waals surface area contributed by atoms with Gasteiger partial charge in [0, 0.05) is 29.6 Å². The Hall–Kier alpha value is -2.67. The average molecular weight is 395 g/mol. The van der Waals surface area contributed by atoms with Crippen molar-refractivity contribution in [3.05, 3.63) is 54.4 Å². The lowest BCUT2D eigenvalue weighted by Gasteiger charge is -2.13. The summed E-state index contributed by atoms with van der Waals surface area (Å²) in [6.45, 7) is 4.46. The van der Waals surface area contributed by atoms with Crippen molar-refractivity contribution < 1.29 is 9.53 Å². The molecule has 0 unspecified atom stereocenters. The zero-order valence-electron chi connectivity index (χ0n) is 15.9. The van der Waals surface area contributed by atoms with E-state index in [9.17, 15) is 4.79 Å². The molecule has 1 atom stereocenters. The quantitative estimate of drug-likeness (QED) is 0.416. The van der Waals surface area contributed by atoms with Crippen LogP contribution in [0.3, 0.4) is 0 Å². The Bertz CT molecular complexity index is 952. The maximum Gasteiger partial charge on any atom is 0.192 e. The Morgan fingerprint density at radius 1 is 1.18 bits per heavy atom. The summed E-state index contributed by atoms with van der Waals surface area (Å²) in [6, 6.07) is 11.6.